The zero-order valence-electron chi connectivity index (χ0n) is 19.1. The van der Waals surface area contributed by atoms with Crippen molar-refractivity contribution in [1.82, 2.24) is 9.80 Å². The van der Waals surface area contributed by atoms with Crippen LogP contribution in [-0.4, -0.2) is 29.1 Å². The van der Waals surface area contributed by atoms with Crippen LogP contribution in [-0.2, 0) is 0 Å². The first kappa shape index (κ1) is 24.4. The number of hydrogen-bond acceptors (Lipinski definition) is 2. The molecule has 0 saturated carbocycles. The zero-order valence-corrected chi connectivity index (χ0v) is 19.1. The van der Waals surface area contributed by atoms with Crippen LogP contribution in [0.5, 0.6) is 0 Å². The predicted molar refractivity (Wildman–Crippen MR) is 122 cm³/mol. The minimum atomic E-state index is 0.643. The van der Waals surface area contributed by atoms with Crippen LogP contribution in [0.4, 0.5) is 0 Å². The van der Waals surface area contributed by atoms with E-state index >= 15 is 0 Å². The summed E-state index contributed by atoms with van der Waals surface area (Å²) in [6, 6.07) is 0. The van der Waals surface area contributed by atoms with Gasteiger partial charge in [-0.05, 0) is 25.7 Å². The maximum atomic E-state index is 2.61. The normalized spacial score (nSPS) is 16.6. The molecule has 0 radical (unpaired) electrons. The van der Waals surface area contributed by atoms with Gasteiger partial charge < -0.3 is 9.80 Å². The summed E-state index contributed by atoms with van der Waals surface area (Å²) in [5.41, 5.74) is 0. The molecule has 0 aromatic heterocycles. The van der Waals surface area contributed by atoms with Crippen LogP contribution in [0.25, 0.3) is 0 Å². The second kappa shape index (κ2) is 17.4. The molecule has 0 N–H and O–H groups in total. The van der Waals surface area contributed by atoms with E-state index in [1.165, 1.54) is 122 Å². The standard InChI is InChI=1S/C25H50N2/c1-4-7-9-10-11-12-13-14-15-16-17-18-20-25-26(21-6-3)23-24-27(25)22-19-8-5-2/h23-25H,4-22H2,1-3H3. The maximum Gasteiger partial charge on any atom is 0.101 e. The smallest absolute Gasteiger partial charge is 0.101 e. The van der Waals surface area contributed by atoms with Gasteiger partial charge in [0.05, 0.1) is 0 Å². The number of rotatable bonds is 19. The Morgan fingerprint density at radius 1 is 0.481 bits per heavy atom. The van der Waals surface area contributed by atoms with Crippen LogP contribution in [0.2, 0.25) is 0 Å². The fraction of sp³-hybridized carbons (Fsp3) is 0.920. The lowest BCUT2D eigenvalue weighted by Crippen LogP contribution is -2.39. The molecule has 0 fully saturated rings. The predicted octanol–water partition coefficient (Wildman–Crippen LogP) is 8.09. The molecular formula is C25H50N2. The van der Waals surface area contributed by atoms with E-state index < -0.39 is 0 Å². The summed E-state index contributed by atoms with van der Waals surface area (Å²) in [4.78, 5) is 5.20. The van der Waals surface area contributed by atoms with E-state index in [9.17, 15) is 0 Å². The van der Waals surface area contributed by atoms with Gasteiger partial charge in [0, 0.05) is 25.5 Å². The first-order valence-electron chi connectivity index (χ1n) is 12.5. The Bertz CT molecular complexity index is 339. The van der Waals surface area contributed by atoms with Gasteiger partial charge in [0.2, 0.25) is 0 Å². The summed E-state index contributed by atoms with van der Waals surface area (Å²) >= 11 is 0. The van der Waals surface area contributed by atoms with Crippen molar-refractivity contribution in [2.24, 2.45) is 0 Å². The number of unbranched alkanes of at least 4 members (excludes halogenated alkanes) is 13. The molecule has 0 aromatic rings. The molecule has 27 heavy (non-hydrogen) atoms. The van der Waals surface area contributed by atoms with Gasteiger partial charge in [-0.25, -0.2) is 0 Å². The van der Waals surface area contributed by atoms with Crippen molar-refractivity contribution in [3.63, 3.8) is 0 Å². The number of hydrogen-bond donors (Lipinski definition) is 0. The molecular weight excluding hydrogens is 328 g/mol. The van der Waals surface area contributed by atoms with E-state index in [1.807, 2.05) is 0 Å². The van der Waals surface area contributed by atoms with Crippen LogP contribution in [0.1, 0.15) is 130 Å². The van der Waals surface area contributed by atoms with Gasteiger partial charge in [-0.15, -0.1) is 0 Å². The minimum absolute atomic E-state index is 0.643. The van der Waals surface area contributed by atoms with Crippen LogP contribution in [0, 0.1) is 0 Å². The molecule has 1 heterocycles. The van der Waals surface area contributed by atoms with Crippen LogP contribution in [0.15, 0.2) is 12.4 Å². The fourth-order valence-corrected chi connectivity index (χ4v) is 4.31. The highest BCUT2D eigenvalue weighted by atomic mass is 15.4. The average molecular weight is 379 g/mol. The van der Waals surface area contributed by atoms with E-state index in [1.54, 1.807) is 0 Å². The van der Waals surface area contributed by atoms with Crippen molar-refractivity contribution < 1.29 is 0 Å². The summed E-state index contributed by atoms with van der Waals surface area (Å²) in [5, 5.41) is 0. The molecule has 0 saturated heterocycles. The molecule has 1 unspecified atom stereocenters. The summed E-state index contributed by atoms with van der Waals surface area (Å²) in [5.74, 6) is 0. The minimum Gasteiger partial charge on any atom is -0.356 e. The highest BCUT2D eigenvalue weighted by Crippen LogP contribution is 2.23. The maximum absolute atomic E-state index is 2.61. The molecule has 0 bridgehead atoms. The van der Waals surface area contributed by atoms with Crippen molar-refractivity contribution in [1.29, 1.82) is 0 Å². The highest BCUT2D eigenvalue weighted by Gasteiger charge is 2.24. The van der Waals surface area contributed by atoms with Crippen molar-refractivity contribution in [2.75, 3.05) is 13.1 Å². The van der Waals surface area contributed by atoms with E-state index in [2.05, 4.69) is 43.0 Å². The molecule has 2 nitrogen and oxygen atoms in total. The van der Waals surface area contributed by atoms with Crippen molar-refractivity contribution in [2.45, 2.75) is 136 Å². The Balaban J connectivity index is 2.05. The molecule has 0 aromatic carbocycles. The first-order chi connectivity index (χ1) is 13.3. The Morgan fingerprint density at radius 3 is 1.44 bits per heavy atom. The third-order valence-corrected chi connectivity index (χ3v) is 6.03. The van der Waals surface area contributed by atoms with Crippen LogP contribution < -0.4 is 0 Å². The molecule has 1 rings (SSSR count). The van der Waals surface area contributed by atoms with Crippen LogP contribution >= 0.6 is 0 Å². The van der Waals surface area contributed by atoms with Crippen molar-refractivity contribution >= 4 is 0 Å². The summed E-state index contributed by atoms with van der Waals surface area (Å²) in [6.45, 7) is 9.35. The largest absolute Gasteiger partial charge is 0.356 e. The van der Waals surface area contributed by atoms with Gasteiger partial charge in [0.1, 0.15) is 6.17 Å². The lowest BCUT2D eigenvalue weighted by Gasteiger charge is -2.33. The molecule has 1 atom stereocenters. The summed E-state index contributed by atoms with van der Waals surface area (Å²) < 4.78 is 0. The highest BCUT2D eigenvalue weighted by molar-refractivity contribution is 4.96. The Labute approximate surface area is 171 Å². The lowest BCUT2D eigenvalue weighted by molar-refractivity contribution is 0.137. The average Bonchev–Trinajstić information content (AvgIpc) is 3.05. The number of nitrogens with zero attached hydrogens (tertiary/aromatic N) is 2. The van der Waals surface area contributed by atoms with Gasteiger partial charge in [0.15, 0.2) is 0 Å². The topological polar surface area (TPSA) is 6.48 Å². The molecule has 2 heteroatoms. The third-order valence-electron chi connectivity index (χ3n) is 6.03. The van der Waals surface area contributed by atoms with E-state index in [0.29, 0.717) is 6.17 Å². The van der Waals surface area contributed by atoms with Gasteiger partial charge in [0.25, 0.3) is 0 Å². The van der Waals surface area contributed by atoms with Crippen LogP contribution in [0.3, 0.4) is 0 Å². The summed E-state index contributed by atoms with van der Waals surface area (Å²) in [7, 11) is 0. The van der Waals surface area contributed by atoms with Crippen molar-refractivity contribution in [3.05, 3.63) is 12.4 Å². The van der Waals surface area contributed by atoms with E-state index in [0.717, 1.165) is 0 Å². The first-order valence-corrected chi connectivity index (χ1v) is 12.5. The second-order valence-electron chi connectivity index (χ2n) is 8.64. The molecule has 0 amide bonds. The zero-order chi connectivity index (χ0) is 19.6. The molecule has 1 aliphatic rings. The lowest BCUT2D eigenvalue weighted by atomic mass is 10.0. The van der Waals surface area contributed by atoms with Gasteiger partial charge in [-0.2, -0.15) is 0 Å². The van der Waals surface area contributed by atoms with Gasteiger partial charge in [-0.3, -0.25) is 0 Å². The molecule has 0 spiro atoms. The molecule has 0 aliphatic carbocycles. The molecule has 1 aliphatic heterocycles. The molecule has 160 valence electrons. The van der Waals surface area contributed by atoms with Gasteiger partial charge >= 0.3 is 0 Å². The SMILES string of the molecule is CCCCCCCCCCCCCCC1N(CCC)C=CN1CCCCC. The van der Waals surface area contributed by atoms with E-state index in [4.69, 9.17) is 0 Å². The van der Waals surface area contributed by atoms with Gasteiger partial charge in [-0.1, -0.05) is 104 Å². The van der Waals surface area contributed by atoms with Crippen molar-refractivity contribution in [3.8, 4) is 0 Å². The second-order valence-corrected chi connectivity index (χ2v) is 8.64. The Kier molecular flexibility index (Phi) is 15.7. The summed E-state index contributed by atoms with van der Waals surface area (Å²) in [6.07, 6.45) is 29.3. The monoisotopic (exact) mass is 378 g/mol. The third kappa shape index (κ3) is 11.7. The Morgan fingerprint density at radius 2 is 0.926 bits per heavy atom. The Hall–Kier alpha value is -0.660. The van der Waals surface area contributed by atoms with E-state index in [-0.39, 0.29) is 0 Å². The fourth-order valence-electron chi connectivity index (χ4n) is 4.31. The quantitative estimate of drug-likeness (QED) is 0.209.